The summed E-state index contributed by atoms with van der Waals surface area (Å²) in [7, 11) is 0. The number of aromatic nitrogens is 1. The van der Waals surface area contributed by atoms with Crippen LogP contribution in [-0.4, -0.2) is 4.98 Å². The predicted molar refractivity (Wildman–Crippen MR) is 62.5 cm³/mol. The van der Waals surface area contributed by atoms with Gasteiger partial charge in [0.15, 0.2) is 0 Å². The molecule has 0 amide bonds. The van der Waals surface area contributed by atoms with Crippen LogP contribution in [0.25, 0.3) is 0 Å². The van der Waals surface area contributed by atoms with Gasteiger partial charge in [0.05, 0.1) is 0 Å². The van der Waals surface area contributed by atoms with Crippen LogP contribution in [0.1, 0.15) is 0 Å². The van der Waals surface area contributed by atoms with Crippen molar-refractivity contribution in [1.82, 2.24) is 4.98 Å². The molecular weight excluding hydrogens is 192 g/mol. The lowest BCUT2D eigenvalue weighted by Crippen LogP contribution is -1.79. The average molecular weight is 204 g/mol. The van der Waals surface area contributed by atoms with Gasteiger partial charge >= 0.3 is 0 Å². The topological polar surface area (TPSA) is 41.8 Å². The zero-order valence-electron chi connectivity index (χ0n) is 7.68. The normalized spacial score (nSPS) is 8.57. The second-order valence-electron chi connectivity index (χ2n) is 2.64. The first-order valence-electron chi connectivity index (χ1n) is 4.23. The number of benzene rings is 1. The van der Waals surface area contributed by atoms with Crippen molar-refractivity contribution >= 4 is 17.9 Å². The number of para-hydroxylation sites is 1. The van der Waals surface area contributed by atoms with Gasteiger partial charge in [-0.25, -0.2) is 0 Å². The van der Waals surface area contributed by atoms with Gasteiger partial charge in [0.1, 0.15) is 4.64 Å². The van der Waals surface area contributed by atoms with Crippen LogP contribution in [0.5, 0.6) is 0 Å². The van der Waals surface area contributed by atoms with Crippen molar-refractivity contribution in [2.75, 3.05) is 5.73 Å². The lowest BCUT2D eigenvalue weighted by Gasteiger charge is -1.83. The molecule has 0 radical (unpaired) electrons. The third kappa shape index (κ3) is 4.42. The Morgan fingerprint density at radius 2 is 1.57 bits per heavy atom. The van der Waals surface area contributed by atoms with Crippen molar-refractivity contribution < 1.29 is 0 Å². The maximum Gasteiger partial charge on any atom is 0.103 e. The lowest BCUT2D eigenvalue weighted by molar-refractivity contribution is 1.30. The minimum absolute atomic E-state index is 0.780. The van der Waals surface area contributed by atoms with Gasteiger partial charge in [-0.05, 0) is 24.3 Å². The molecule has 1 aromatic carbocycles. The largest absolute Gasteiger partial charge is 0.399 e. The first-order chi connectivity index (χ1) is 6.79. The fourth-order valence-electron chi connectivity index (χ4n) is 0.830. The molecule has 3 heteroatoms. The number of aromatic amines is 1. The van der Waals surface area contributed by atoms with Crippen molar-refractivity contribution in [3.8, 4) is 0 Å². The van der Waals surface area contributed by atoms with Crippen molar-refractivity contribution in [3.63, 3.8) is 0 Å². The molecule has 0 atom stereocenters. The van der Waals surface area contributed by atoms with E-state index in [0.29, 0.717) is 0 Å². The Bertz CT molecular complexity index is 391. The van der Waals surface area contributed by atoms with Gasteiger partial charge in [-0.3, -0.25) is 0 Å². The summed E-state index contributed by atoms with van der Waals surface area (Å²) in [6, 6.07) is 15.1. The van der Waals surface area contributed by atoms with Crippen molar-refractivity contribution in [3.05, 3.63) is 59.4 Å². The smallest absolute Gasteiger partial charge is 0.103 e. The zero-order chi connectivity index (χ0) is 10.2. The van der Waals surface area contributed by atoms with E-state index in [-0.39, 0.29) is 0 Å². The first-order valence-corrected chi connectivity index (χ1v) is 4.64. The van der Waals surface area contributed by atoms with E-state index in [9.17, 15) is 0 Å². The predicted octanol–water partition coefficient (Wildman–Crippen LogP) is 3.01. The number of pyridine rings is 1. The monoisotopic (exact) mass is 204 g/mol. The number of nitrogens with one attached hydrogen (secondary N) is 1. The summed E-state index contributed by atoms with van der Waals surface area (Å²) in [6.45, 7) is 0. The Morgan fingerprint density at radius 3 is 1.86 bits per heavy atom. The van der Waals surface area contributed by atoms with Crippen LogP contribution in [-0.2, 0) is 0 Å². The molecule has 1 heterocycles. The number of nitrogen functional groups attached to an aromatic ring is 1. The molecule has 0 spiro atoms. The molecule has 0 unspecified atom stereocenters. The molecule has 0 saturated heterocycles. The quantitative estimate of drug-likeness (QED) is 0.511. The molecule has 14 heavy (non-hydrogen) atoms. The maximum absolute atomic E-state index is 5.36. The Balaban J connectivity index is 0.000000140. The van der Waals surface area contributed by atoms with Crippen LogP contribution >= 0.6 is 12.2 Å². The van der Waals surface area contributed by atoms with Crippen LogP contribution in [0.2, 0.25) is 0 Å². The molecule has 2 rings (SSSR count). The van der Waals surface area contributed by atoms with E-state index >= 15 is 0 Å². The highest BCUT2D eigenvalue weighted by Gasteiger charge is 1.72. The van der Waals surface area contributed by atoms with Crippen LogP contribution in [0.15, 0.2) is 54.7 Å². The van der Waals surface area contributed by atoms with Crippen LogP contribution in [0, 0.1) is 4.64 Å². The van der Waals surface area contributed by atoms with Gasteiger partial charge in [-0.15, -0.1) is 0 Å². The highest BCUT2D eigenvalue weighted by molar-refractivity contribution is 7.71. The number of rotatable bonds is 0. The van der Waals surface area contributed by atoms with Gasteiger partial charge in [0.25, 0.3) is 0 Å². The Hall–Kier alpha value is -1.61. The molecule has 0 aliphatic rings. The number of H-pyrrole nitrogens is 1. The summed E-state index contributed by atoms with van der Waals surface area (Å²) >= 11 is 4.76. The molecular formula is C11H12N2S. The van der Waals surface area contributed by atoms with E-state index in [4.69, 9.17) is 18.0 Å². The zero-order valence-corrected chi connectivity index (χ0v) is 8.50. The first kappa shape index (κ1) is 10.5. The average Bonchev–Trinajstić information content (AvgIpc) is 2.21. The molecule has 1 aromatic heterocycles. The summed E-state index contributed by atoms with van der Waals surface area (Å²) in [4.78, 5) is 2.85. The summed E-state index contributed by atoms with van der Waals surface area (Å²) in [5, 5.41) is 0. The molecule has 0 fully saturated rings. The van der Waals surface area contributed by atoms with Gasteiger partial charge in [0.2, 0.25) is 0 Å². The van der Waals surface area contributed by atoms with Gasteiger partial charge < -0.3 is 10.7 Å². The molecule has 0 saturated carbocycles. The van der Waals surface area contributed by atoms with Crippen LogP contribution in [0.4, 0.5) is 5.69 Å². The molecule has 2 aromatic rings. The summed E-state index contributed by atoms with van der Waals surface area (Å²) in [5.74, 6) is 0. The highest BCUT2D eigenvalue weighted by atomic mass is 32.1. The summed E-state index contributed by atoms with van der Waals surface area (Å²) in [6.07, 6.45) is 1.81. The van der Waals surface area contributed by atoms with Crippen LogP contribution in [0.3, 0.4) is 0 Å². The number of nitrogens with two attached hydrogens (primary N) is 1. The number of hydrogen-bond donors (Lipinski definition) is 2. The number of hydrogen-bond acceptors (Lipinski definition) is 2. The molecule has 0 bridgehead atoms. The lowest BCUT2D eigenvalue weighted by atomic mass is 10.3. The second kappa shape index (κ2) is 5.94. The standard InChI is InChI=1S/C6H7N.C5H5NS/c7-6-4-2-1-3-5-6;7-5-3-1-2-4-6-5/h1-5H,7H2;1-4H,(H,6,7). The highest BCUT2D eigenvalue weighted by Crippen LogP contribution is 1.95. The Morgan fingerprint density at radius 1 is 0.929 bits per heavy atom. The van der Waals surface area contributed by atoms with Crippen molar-refractivity contribution in [2.45, 2.75) is 0 Å². The van der Waals surface area contributed by atoms with E-state index < -0.39 is 0 Å². The molecule has 0 aliphatic heterocycles. The number of anilines is 1. The van der Waals surface area contributed by atoms with E-state index in [1.54, 1.807) is 0 Å². The van der Waals surface area contributed by atoms with Crippen molar-refractivity contribution in [1.29, 1.82) is 0 Å². The second-order valence-corrected chi connectivity index (χ2v) is 3.08. The fourth-order valence-corrected chi connectivity index (χ4v) is 0.977. The molecule has 72 valence electrons. The third-order valence-electron chi connectivity index (χ3n) is 1.48. The van der Waals surface area contributed by atoms with E-state index in [0.717, 1.165) is 10.3 Å². The van der Waals surface area contributed by atoms with E-state index in [1.807, 2.05) is 54.7 Å². The molecule has 3 N–H and O–H groups in total. The van der Waals surface area contributed by atoms with Gasteiger partial charge in [-0.1, -0.05) is 36.5 Å². The Kier molecular flexibility index (Phi) is 4.44. The van der Waals surface area contributed by atoms with Gasteiger partial charge in [-0.2, -0.15) is 0 Å². The summed E-state index contributed by atoms with van der Waals surface area (Å²) in [5.41, 5.74) is 6.18. The maximum atomic E-state index is 5.36. The SMILES string of the molecule is Nc1ccccc1.S=c1cccc[nH]1. The molecule has 2 nitrogen and oxygen atoms in total. The summed E-state index contributed by atoms with van der Waals surface area (Å²) < 4.78 is 0.780. The van der Waals surface area contributed by atoms with Crippen LogP contribution < -0.4 is 5.73 Å². The third-order valence-corrected chi connectivity index (χ3v) is 1.73. The fraction of sp³-hybridized carbons (Fsp3) is 0. The van der Waals surface area contributed by atoms with Gasteiger partial charge in [0, 0.05) is 11.9 Å². The van der Waals surface area contributed by atoms with Crippen molar-refractivity contribution in [2.24, 2.45) is 0 Å². The van der Waals surface area contributed by atoms with E-state index in [2.05, 4.69) is 4.98 Å². The van der Waals surface area contributed by atoms with E-state index in [1.165, 1.54) is 0 Å². The minimum Gasteiger partial charge on any atom is -0.399 e. The molecule has 0 aliphatic carbocycles. The minimum atomic E-state index is 0.780. The Labute approximate surface area is 88.4 Å².